The Hall–Kier alpha value is -2.85. The van der Waals surface area contributed by atoms with Gasteiger partial charge in [0.2, 0.25) is 11.8 Å². The number of nitrogens with zero attached hydrogens (tertiary/aromatic N) is 2. The summed E-state index contributed by atoms with van der Waals surface area (Å²) < 4.78 is 12.4. The highest BCUT2D eigenvalue weighted by atomic mass is 32.2. The maximum atomic E-state index is 12.4. The molecule has 1 amide bonds. The Bertz CT molecular complexity index is 1090. The highest BCUT2D eigenvalue weighted by Gasteiger charge is 2.19. The van der Waals surface area contributed by atoms with Crippen molar-refractivity contribution in [3.05, 3.63) is 53.9 Å². The molecular formula is C24H29N3O5S2. The van der Waals surface area contributed by atoms with Crippen molar-refractivity contribution >= 4 is 40.1 Å². The molecule has 182 valence electrons. The van der Waals surface area contributed by atoms with Gasteiger partial charge in [0.05, 0.1) is 35.4 Å². The predicted octanol–water partition coefficient (Wildman–Crippen LogP) is 5.54. The van der Waals surface area contributed by atoms with Gasteiger partial charge < -0.3 is 19.6 Å². The first-order valence-corrected chi connectivity index (χ1v) is 12.8. The highest BCUT2D eigenvalue weighted by Crippen LogP contribution is 2.31. The number of amides is 1. The average Bonchev–Trinajstić information content (AvgIpc) is 3.42. The van der Waals surface area contributed by atoms with Gasteiger partial charge in [-0.2, -0.15) is 0 Å². The van der Waals surface area contributed by atoms with Crippen LogP contribution in [0.4, 0.5) is 5.13 Å². The number of anilines is 1. The van der Waals surface area contributed by atoms with Gasteiger partial charge in [0, 0.05) is 11.8 Å². The van der Waals surface area contributed by atoms with Crippen molar-refractivity contribution in [3.63, 3.8) is 0 Å². The van der Waals surface area contributed by atoms with Crippen molar-refractivity contribution in [1.29, 1.82) is 0 Å². The van der Waals surface area contributed by atoms with Crippen LogP contribution in [0.15, 0.2) is 45.3 Å². The van der Waals surface area contributed by atoms with Crippen LogP contribution in [0.2, 0.25) is 0 Å². The van der Waals surface area contributed by atoms with Crippen LogP contribution < -0.4 is 10.1 Å². The summed E-state index contributed by atoms with van der Waals surface area (Å²) in [4.78, 5) is 31.5. The molecule has 0 radical (unpaired) electrons. The molecule has 0 spiro atoms. The van der Waals surface area contributed by atoms with E-state index in [-0.39, 0.29) is 24.2 Å². The Morgan fingerprint density at radius 3 is 2.59 bits per heavy atom. The number of nitrogens with one attached hydrogen (secondary N) is 1. The molecule has 2 heterocycles. The molecule has 8 nitrogen and oxygen atoms in total. The lowest BCUT2D eigenvalue weighted by Crippen LogP contribution is -2.14. The first-order valence-electron chi connectivity index (χ1n) is 11.0. The van der Waals surface area contributed by atoms with Crippen molar-refractivity contribution in [2.75, 3.05) is 11.9 Å². The molecule has 10 heteroatoms. The lowest BCUT2D eigenvalue weighted by Gasteiger charge is -2.12. The van der Waals surface area contributed by atoms with Crippen LogP contribution in [0.5, 0.6) is 5.75 Å². The van der Waals surface area contributed by atoms with Crippen molar-refractivity contribution in [3.8, 4) is 5.75 Å². The maximum absolute atomic E-state index is 12.4. The molecule has 0 saturated carbocycles. The summed E-state index contributed by atoms with van der Waals surface area (Å²) in [5.74, 6) is 1.88. The van der Waals surface area contributed by atoms with Crippen LogP contribution in [-0.4, -0.2) is 33.6 Å². The van der Waals surface area contributed by atoms with Gasteiger partial charge >= 0.3 is 5.97 Å². The predicted molar refractivity (Wildman–Crippen MR) is 133 cm³/mol. The third kappa shape index (κ3) is 8.49. The zero-order chi connectivity index (χ0) is 24.6. The minimum Gasteiger partial charge on any atom is -0.494 e. The summed E-state index contributed by atoms with van der Waals surface area (Å²) >= 11 is 2.98. The van der Waals surface area contributed by atoms with Crippen molar-refractivity contribution in [2.45, 2.75) is 61.8 Å². The number of thioether (sulfide) groups is 1. The molecule has 0 aliphatic carbocycles. The van der Waals surface area contributed by atoms with E-state index in [1.165, 1.54) is 11.3 Å². The summed E-state index contributed by atoms with van der Waals surface area (Å²) in [5, 5.41) is 12.0. The van der Waals surface area contributed by atoms with Gasteiger partial charge in [-0.3, -0.25) is 9.59 Å². The van der Waals surface area contributed by atoms with E-state index in [1.54, 1.807) is 24.2 Å². The number of carboxylic acids is 1. The second kappa shape index (κ2) is 12.0. The third-order valence-electron chi connectivity index (χ3n) is 4.70. The van der Waals surface area contributed by atoms with Crippen molar-refractivity contribution < 1.29 is 23.8 Å². The van der Waals surface area contributed by atoms with E-state index in [0.29, 0.717) is 42.0 Å². The number of aromatic nitrogens is 2. The number of carbonyl (C=O) groups is 2. The van der Waals surface area contributed by atoms with Gasteiger partial charge in [0.15, 0.2) is 5.13 Å². The van der Waals surface area contributed by atoms with Crippen LogP contribution in [0.25, 0.3) is 0 Å². The van der Waals surface area contributed by atoms with Crippen LogP contribution in [0, 0.1) is 0 Å². The number of carboxylic acid groups (broad SMARTS) is 1. The molecule has 0 aliphatic rings. The molecule has 2 aromatic heterocycles. The summed E-state index contributed by atoms with van der Waals surface area (Å²) in [7, 11) is 0. The first-order chi connectivity index (χ1) is 16.2. The second-order valence-corrected chi connectivity index (χ2v) is 11.0. The molecule has 0 aliphatic heterocycles. The van der Waals surface area contributed by atoms with Gasteiger partial charge in [0.25, 0.3) is 0 Å². The molecule has 0 unspecified atom stereocenters. The second-order valence-electron chi connectivity index (χ2n) is 8.71. The normalized spacial score (nSPS) is 11.4. The molecule has 0 atom stereocenters. The lowest BCUT2D eigenvalue weighted by atomic mass is 9.94. The molecule has 0 fully saturated rings. The minimum absolute atomic E-state index is 0.0749. The largest absolute Gasteiger partial charge is 0.494 e. The number of unbranched alkanes of at least 4 members (excludes halogenated alkanes) is 1. The van der Waals surface area contributed by atoms with E-state index < -0.39 is 5.97 Å². The van der Waals surface area contributed by atoms with Crippen LogP contribution in [0.3, 0.4) is 0 Å². The van der Waals surface area contributed by atoms with Crippen molar-refractivity contribution in [2.24, 2.45) is 0 Å². The summed E-state index contributed by atoms with van der Waals surface area (Å²) in [6.45, 7) is 6.71. The first kappa shape index (κ1) is 25.8. The van der Waals surface area contributed by atoms with E-state index >= 15 is 0 Å². The zero-order valence-corrected chi connectivity index (χ0v) is 21.1. The monoisotopic (exact) mass is 503 g/mol. The van der Waals surface area contributed by atoms with Crippen LogP contribution in [0.1, 0.15) is 57.2 Å². The molecule has 0 bridgehead atoms. The number of rotatable bonds is 12. The molecule has 1 aromatic carbocycles. The third-order valence-corrected chi connectivity index (χ3v) is 6.80. The Morgan fingerprint density at radius 1 is 1.15 bits per heavy atom. The van der Waals surface area contributed by atoms with Crippen LogP contribution >= 0.6 is 23.1 Å². The number of ether oxygens (including phenoxy) is 1. The van der Waals surface area contributed by atoms with Gasteiger partial charge in [-0.1, -0.05) is 44.2 Å². The molecule has 3 aromatic rings. The molecule has 2 N–H and O–H groups in total. The van der Waals surface area contributed by atoms with E-state index in [0.717, 1.165) is 15.5 Å². The topological polar surface area (TPSA) is 115 Å². The van der Waals surface area contributed by atoms with Gasteiger partial charge in [-0.05, 0) is 30.5 Å². The lowest BCUT2D eigenvalue weighted by molar-refractivity contribution is -0.137. The van der Waals surface area contributed by atoms with E-state index in [4.69, 9.17) is 14.3 Å². The molecular weight excluding hydrogens is 474 g/mol. The van der Waals surface area contributed by atoms with Gasteiger partial charge in [-0.15, -0.1) is 11.8 Å². The van der Waals surface area contributed by atoms with Gasteiger partial charge in [-0.25, -0.2) is 9.97 Å². The standard InChI is InChI=1S/C24H29N3O5S2/c1-24(2,3)18-13-25-20(32-18)15-33-22-14-26-23(34-22)27-19(28)12-16-7-9-17(10-8-16)31-11-5-4-6-21(29)30/h7-10,13-14H,4-6,11-12,15H2,1-3H3,(H,29,30)(H,26,27,28). The maximum Gasteiger partial charge on any atom is 0.303 e. The number of thiazole rings is 1. The Balaban J connectivity index is 1.40. The Labute approximate surface area is 207 Å². The van der Waals surface area contributed by atoms with Crippen LogP contribution in [-0.2, 0) is 27.2 Å². The summed E-state index contributed by atoms with van der Waals surface area (Å²) in [5.41, 5.74) is 0.787. The SMILES string of the molecule is CC(C)(C)c1cnc(CSc2cnc(NC(=O)Cc3ccc(OCCCCC(=O)O)cc3)s2)o1. The van der Waals surface area contributed by atoms with Gasteiger partial charge in [0.1, 0.15) is 11.5 Å². The summed E-state index contributed by atoms with van der Waals surface area (Å²) in [6.07, 6.45) is 5.16. The smallest absolute Gasteiger partial charge is 0.303 e. The Morgan fingerprint density at radius 2 is 1.91 bits per heavy atom. The average molecular weight is 504 g/mol. The minimum atomic E-state index is -0.795. The number of oxazole rings is 1. The molecule has 3 rings (SSSR count). The van der Waals surface area contributed by atoms with E-state index in [1.807, 2.05) is 24.3 Å². The number of hydrogen-bond donors (Lipinski definition) is 2. The quantitative estimate of drug-likeness (QED) is 0.245. The highest BCUT2D eigenvalue weighted by molar-refractivity contribution is 8.00. The number of hydrogen-bond acceptors (Lipinski definition) is 8. The number of aliphatic carboxylic acids is 1. The van der Waals surface area contributed by atoms with E-state index in [9.17, 15) is 9.59 Å². The zero-order valence-electron chi connectivity index (χ0n) is 19.5. The summed E-state index contributed by atoms with van der Waals surface area (Å²) in [6, 6.07) is 7.31. The fourth-order valence-electron chi connectivity index (χ4n) is 2.86. The number of carbonyl (C=O) groups excluding carboxylic acids is 1. The fourth-order valence-corrected chi connectivity index (χ4v) is 4.60. The molecule has 34 heavy (non-hydrogen) atoms. The fraction of sp³-hybridized carbons (Fsp3) is 0.417. The van der Waals surface area contributed by atoms with E-state index in [2.05, 4.69) is 36.1 Å². The Kier molecular flexibility index (Phi) is 9.12. The molecule has 0 saturated heterocycles. The number of benzene rings is 1. The van der Waals surface area contributed by atoms with Crippen molar-refractivity contribution in [1.82, 2.24) is 9.97 Å².